The fourth-order valence-electron chi connectivity index (χ4n) is 3.41. The van der Waals surface area contributed by atoms with Crippen LogP contribution in [0.2, 0.25) is 0 Å². The second-order valence-corrected chi connectivity index (χ2v) is 8.07. The monoisotopic (exact) mass is 483 g/mol. The maximum absolute atomic E-state index is 12.8. The first-order chi connectivity index (χ1) is 14.9. The number of phenols is 1. The molecule has 1 aromatic carbocycles. The molecule has 0 spiro atoms. The number of benzene rings is 1. The lowest BCUT2D eigenvalue weighted by molar-refractivity contribution is 0.101. The van der Waals surface area contributed by atoms with Crippen LogP contribution in [-0.4, -0.2) is 20.3 Å². The summed E-state index contributed by atoms with van der Waals surface area (Å²) in [5.74, 6) is 0.216. The van der Waals surface area contributed by atoms with Crippen LogP contribution in [0.4, 0.5) is 0 Å². The zero-order chi connectivity index (χ0) is 22.5. The van der Waals surface area contributed by atoms with Crippen molar-refractivity contribution in [3.8, 4) is 17.6 Å². The molecule has 0 aliphatic carbocycles. The third kappa shape index (κ3) is 4.78. The summed E-state index contributed by atoms with van der Waals surface area (Å²) in [6, 6.07) is 7.09. The highest BCUT2D eigenvalue weighted by molar-refractivity contribution is 9.10. The lowest BCUT2D eigenvalue weighted by Gasteiger charge is -2.16. The fraction of sp³-hybridized carbons (Fsp3) is 0.304. The molecule has 0 unspecified atom stereocenters. The number of aryl methyl sites for hydroxylation is 1. The summed E-state index contributed by atoms with van der Waals surface area (Å²) in [6.45, 7) is 3.50. The van der Waals surface area contributed by atoms with E-state index in [1.54, 1.807) is 18.3 Å². The number of rotatable bonds is 8. The van der Waals surface area contributed by atoms with Gasteiger partial charge in [-0.2, -0.15) is 5.26 Å². The number of nitrogens with zero attached hydrogens (tertiary/aromatic N) is 3. The standard InChI is InChI=1S/C23H22BrN3O4/c1-3-5-19-20(8-7-18(14(2)28)21(19)29)31-13-16-10-17(24)12-27-22(16)26-11-15(23(27)30)6-4-9-25/h7-8,10-12,29H,3-6,13H2,1-2H3. The first-order valence-corrected chi connectivity index (χ1v) is 10.7. The topological polar surface area (TPSA) is 105 Å². The van der Waals surface area contributed by atoms with Crippen molar-refractivity contribution in [1.82, 2.24) is 9.38 Å². The molecule has 31 heavy (non-hydrogen) atoms. The molecule has 8 heteroatoms. The Bertz CT molecular complexity index is 1240. The normalized spacial score (nSPS) is 10.8. The molecule has 3 rings (SSSR count). The molecular formula is C23H22BrN3O4. The van der Waals surface area contributed by atoms with E-state index >= 15 is 0 Å². The number of halogens is 1. The van der Waals surface area contributed by atoms with Crippen LogP contribution in [-0.2, 0) is 19.4 Å². The van der Waals surface area contributed by atoms with Crippen molar-refractivity contribution in [3.05, 3.63) is 67.7 Å². The number of carbonyl (C=O) groups excluding carboxylic acids is 1. The van der Waals surface area contributed by atoms with Crippen molar-refractivity contribution in [3.63, 3.8) is 0 Å². The van der Waals surface area contributed by atoms with Crippen LogP contribution in [0.5, 0.6) is 11.5 Å². The van der Waals surface area contributed by atoms with Gasteiger partial charge in [-0.05, 0) is 53.9 Å². The van der Waals surface area contributed by atoms with Crippen LogP contribution in [0.15, 0.2) is 39.9 Å². The van der Waals surface area contributed by atoms with Gasteiger partial charge in [-0.25, -0.2) is 4.98 Å². The number of hydrogen-bond donors (Lipinski definition) is 1. The quantitative estimate of drug-likeness (QED) is 0.477. The molecule has 0 saturated heterocycles. The van der Waals surface area contributed by atoms with Crippen LogP contribution >= 0.6 is 15.9 Å². The van der Waals surface area contributed by atoms with Crippen LogP contribution in [0.25, 0.3) is 5.65 Å². The van der Waals surface area contributed by atoms with Gasteiger partial charge in [-0.3, -0.25) is 14.0 Å². The van der Waals surface area contributed by atoms with E-state index in [9.17, 15) is 14.7 Å². The van der Waals surface area contributed by atoms with Gasteiger partial charge in [0.15, 0.2) is 5.78 Å². The number of ketones is 1. The third-order valence-corrected chi connectivity index (χ3v) is 5.36. The predicted molar refractivity (Wildman–Crippen MR) is 120 cm³/mol. The number of aromatic hydroxyl groups is 1. The maximum Gasteiger partial charge on any atom is 0.261 e. The van der Waals surface area contributed by atoms with E-state index in [0.29, 0.717) is 45.4 Å². The average molecular weight is 484 g/mol. The minimum Gasteiger partial charge on any atom is -0.507 e. The van der Waals surface area contributed by atoms with E-state index in [0.717, 1.165) is 6.42 Å². The van der Waals surface area contributed by atoms with E-state index in [4.69, 9.17) is 10.00 Å². The molecule has 0 fully saturated rings. The largest absolute Gasteiger partial charge is 0.507 e. The second kappa shape index (κ2) is 9.75. The Morgan fingerprint density at radius 2 is 2.10 bits per heavy atom. The number of ether oxygens (including phenoxy) is 1. The van der Waals surface area contributed by atoms with Gasteiger partial charge >= 0.3 is 0 Å². The molecule has 2 aromatic heterocycles. The number of phenolic OH excluding ortho intramolecular Hbond substituents is 1. The van der Waals surface area contributed by atoms with Gasteiger partial charge in [0.2, 0.25) is 0 Å². The van der Waals surface area contributed by atoms with Gasteiger partial charge in [0.05, 0.1) is 11.6 Å². The van der Waals surface area contributed by atoms with Gasteiger partial charge in [-0.15, -0.1) is 0 Å². The minimum atomic E-state index is -0.224. The third-order valence-electron chi connectivity index (χ3n) is 4.92. The fourth-order valence-corrected chi connectivity index (χ4v) is 3.89. The number of hydrogen-bond acceptors (Lipinski definition) is 6. The van der Waals surface area contributed by atoms with E-state index in [-0.39, 0.29) is 35.7 Å². The number of pyridine rings is 1. The van der Waals surface area contributed by atoms with E-state index in [1.807, 2.05) is 19.1 Å². The number of carbonyl (C=O) groups is 1. The number of nitriles is 1. The van der Waals surface area contributed by atoms with E-state index in [1.165, 1.54) is 17.5 Å². The molecule has 2 heterocycles. The Labute approximate surface area is 188 Å². The van der Waals surface area contributed by atoms with Crippen LogP contribution in [0.3, 0.4) is 0 Å². The summed E-state index contributed by atoms with van der Waals surface area (Å²) in [5.41, 5.74) is 2.23. The summed E-state index contributed by atoms with van der Waals surface area (Å²) in [6.07, 6.45) is 5.05. The van der Waals surface area contributed by atoms with Crippen LogP contribution < -0.4 is 10.3 Å². The Kier molecular flexibility index (Phi) is 7.08. The van der Waals surface area contributed by atoms with Crippen molar-refractivity contribution < 1.29 is 14.6 Å². The smallest absolute Gasteiger partial charge is 0.261 e. The molecule has 3 aromatic rings. The van der Waals surface area contributed by atoms with Crippen molar-refractivity contribution in [1.29, 1.82) is 5.26 Å². The molecule has 7 nitrogen and oxygen atoms in total. The number of Topliss-reactive ketones (excluding diaryl/α,β-unsaturated/α-hetero) is 1. The van der Waals surface area contributed by atoms with Gasteiger partial charge in [0.1, 0.15) is 23.8 Å². The van der Waals surface area contributed by atoms with E-state index in [2.05, 4.69) is 20.9 Å². The number of aromatic nitrogens is 2. The predicted octanol–water partition coefficient (Wildman–Crippen LogP) is 4.35. The molecule has 1 N–H and O–H groups in total. The second-order valence-electron chi connectivity index (χ2n) is 7.16. The van der Waals surface area contributed by atoms with Gasteiger partial charge < -0.3 is 9.84 Å². The zero-order valence-corrected chi connectivity index (χ0v) is 18.9. The highest BCUT2D eigenvalue weighted by Crippen LogP contribution is 2.33. The number of fused-ring (bicyclic) bond motifs is 1. The average Bonchev–Trinajstić information content (AvgIpc) is 2.73. The maximum atomic E-state index is 12.8. The molecule has 0 bridgehead atoms. The van der Waals surface area contributed by atoms with Crippen molar-refractivity contribution in [2.75, 3.05) is 0 Å². The molecule has 0 aliphatic rings. The van der Waals surface area contributed by atoms with E-state index < -0.39 is 0 Å². The van der Waals surface area contributed by atoms with Crippen LogP contribution in [0.1, 0.15) is 53.7 Å². The Morgan fingerprint density at radius 1 is 1.32 bits per heavy atom. The summed E-state index contributed by atoms with van der Waals surface area (Å²) >= 11 is 3.42. The first-order valence-electron chi connectivity index (χ1n) is 9.91. The minimum absolute atomic E-state index is 0.0533. The van der Waals surface area contributed by atoms with Gasteiger partial charge in [0, 0.05) is 40.0 Å². The van der Waals surface area contributed by atoms with Gasteiger partial charge in [-0.1, -0.05) is 13.3 Å². The molecule has 0 radical (unpaired) electrons. The molecule has 160 valence electrons. The van der Waals surface area contributed by atoms with Gasteiger partial charge in [0.25, 0.3) is 5.56 Å². The Balaban J connectivity index is 1.99. The highest BCUT2D eigenvalue weighted by atomic mass is 79.9. The lowest BCUT2D eigenvalue weighted by Crippen LogP contribution is -2.20. The molecule has 0 saturated carbocycles. The molecule has 0 amide bonds. The van der Waals surface area contributed by atoms with Crippen molar-refractivity contribution in [2.24, 2.45) is 0 Å². The lowest BCUT2D eigenvalue weighted by atomic mass is 10.0. The molecule has 0 aliphatic heterocycles. The summed E-state index contributed by atoms with van der Waals surface area (Å²) in [7, 11) is 0. The Morgan fingerprint density at radius 3 is 2.77 bits per heavy atom. The van der Waals surface area contributed by atoms with Crippen molar-refractivity contribution in [2.45, 2.75) is 46.1 Å². The summed E-state index contributed by atoms with van der Waals surface area (Å²) in [5, 5.41) is 19.3. The zero-order valence-electron chi connectivity index (χ0n) is 17.3. The Hall–Kier alpha value is -3.18. The SMILES string of the molecule is CCCc1c(OCc2cc(Br)cn3c(=O)c(CCC#N)cnc23)ccc(C(C)=O)c1O. The first kappa shape index (κ1) is 22.5. The van der Waals surface area contributed by atoms with Crippen molar-refractivity contribution >= 4 is 27.4 Å². The van der Waals surface area contributed by atoms with Crippen LogP contribution in [0, 0.1) is 11.3 Å². The summed E-state index contributed by atoms with van der Waals surface area (Å²) in [4.78, 5) is 29.0. The molecular weight excluding hydrogens is 462 g/mol. The summed E-state index contributed by atoms with van der Waals surface area (Å²) < 4.78 is 8.13. The highest BCUT2D eigenvalue weighted by Gasteiger charge is 2.17. The molecule has 0 atom stereocenters.